The molecule has 1 atom stereocenters. The molecular formula is C14H30N2O3. The quantitative estimate of drug-likeness (QED) is 0.748. The van der Waals surface area contributed by atoms with Gasteiger partial charge in [-0.2, -0.15) is 0 Å². The Morgan fingerprint density at radius 2 is 1.79 bits per heavy atom. The summed E-state index contributed by atoms with van der Waals surface area (Å²) in [5.41, 5.74) is -0.848. The van der Waals surface area contributed by atoms with Gasteiger partial charge in [0.05, 0.1) is 12.1 Å². The molecule has 0 aliphatic carbocycles. The molecule has 0 aromatic heterocycles. The highest BCUT2D eigenvalue weighted by Gasteiger charge is 2.25. The minimum atomic E-state index is -0.477. The van der Waals surface area contributed by atoms with Gasteiger partial charge in [0.15, 0.2) is 0 Å². The lowest BCUT2D eigenvalue weighted by Gasteiger charge is -2.30. The predicted molar refractivity (Wildman–Crippen MR) is 77.4 cm³/mol. The van der Waals surface area contributed by atoms with E-state index in [0.29, 0.717) is 19.2 Å². The Balaban J connectivity index is 4.20. The first-order valence-corrected chi connectivity index (χ1v) is 6.83. The molecule has 0 radical (unpaired) electrons. The van der Waals surface area contributed by atoms with Crippen molar-refractivity contribution in [2.45, 2.75) is 65.1 Å². The summed E-state index contributed by atoms with van der Waals surface area (Å²) < 4.78 is 10.4. The molecule has 5 nitrogen and oxygen atoms in total. The van der Waals surface area contributed by atoms with Crippen LogP contribution in [0, 0.1) is 0 Å². The molecule has 114 valence electrons. The van der Waals surface area contributed by atoms with Crippen molar-refractivity contribution in [2.24, 2.45) is 0 Å². The van der Waals surface area contributed by atoms with Gasteiger partial charge in [-0.15, -0.1) is 0 Å². The fourth-order valence-corrected chi connectivity index (χ4v) is 1.55. The summed E-state index contributed by atoms with van der Waals surface area (Å²) in [5, 5.41) is 6.25. The second kappa shape index (κ2) is 7.70. The number of rotatable bonds is 7. The predicted octanol–water partition coefficient (Wildman–Crippen LogP) is 2.30. The molecule has 2 N–H and O–H groups in total. The minimum Gasteiger partial charge on any atom is -0.444 e. The van der Waals surface area contributed by atoms with Crippen molar-refractivity contribution in [1.82, 2.24) is 10.6 Å². The summed E-state index contributed by atoms with van der Waals surface area (Å²) in [4.78, 5) is 11.7. The molecule has 1 amide bonds. The van der Waals surface area contributed by atoms with Crippen molar-refractivity contribution in [3.63, 3.8) is 0 Å². The van der Waals surface area contributed by atoms with E-state index in [9.17, 15) is 4.79 Å². The third-order valence-electron chi connectivity index (χ3n) is 2.53. The van der Waals surface area contributed by atoms with E-state index in [1.807, 2.05) is 34.6 Å². The summed E-state index contributed by atoms with van der Waals surface area (Å²) >= 11 is 0. The molecule has 0 aliphatic rings. The first-order valence-electron chi connectivity index (χ1n) is 6.83. The third kappa shape index (κ3) is 9.73. The number of methoxy groups -OCH3 is 1. The van der Waals surface area contributed by atoms with E-state index in [1.54, 1.807) is 7.11 Å². The molecule has 0 aliphatic heterocycles. The largest absolute Gasteiger partial charge is 0.444 e. The summed E-state index contributed by atoms with van der Waals surface area (Å²) in [6, 6.07) is 0.296. The van der Waals surface area contributed by atoms with E-state index in [-0.39, 0.29) is 11.6 Å². The molecule has 0 rings (SSSR count). The van der Waals surface area contributed by atoms with Gasteiger partial charge in [-0.1, -0.05) is 6.92 Å². The van der Waals surface area contributed by atoms with E-state index in [0.717, 1.165) is 6.42 Å². The van der Waals surface area contributed by atoms with E-state index >= 15 is 0 Å². The molecule has 0 fully saturated rings. The van der Waals surface area contributed by atoms with Crippen LogP contribution in [-0.2, 0) is 9.47 Å². The number of carbonyl (C=O) groups excluding carboxylic acids is 1. The van der Waals surface area contributed by atoms with E-state index in [4.69, 9.17) is 9.47 Å². The number of carbonyl (C=O) groups is 1. The van der Waals surface area contributed by atoms with Crippen LogP contribution in [0.25, 0.3) is 0 Å². The molecular weight excluding hydrogens is 244 g/mol. The second-order valence-corrected chi connectivity index (χ2v) is 6.45. The van der Waals surface area contributed by atoms with Crippen LogP contribution in [0.1, 0.15) is 48.0 Å². The van der Waals surface area contributed by atoms with Gasteiger partial charge in [0, 0.05) is 19.7 Å². The molecule has 0 heterocycles. The SMILES string of the molecule is CCC(COC)NCC(C)(C)NC(=O)OC(C)(C)C. The molecule has 0 saturated carbocycles. The van der Waals surface area contributed by atoms with Gasteiger partial charge in [-0.05, 0) is 41.0 Å². The van der Waals surface area contributed by atoms with Crippen molar-refractivity contribution in [1.29, 1.82) is 0 Å². The van der Waals surface area contributed by atoms with Crippen LogP contribution in [-0.4, -0.2) is 43.5 Å². The van der Waals surface area contributed by atoms with Crippen LogP contribution in [0.4, 0.5) is 4.79 Å². The van der Waals surface area contributed by atoms with Gasteiger partial charge >= 0.3 is 6.09 Å². The maximum Gasteiger partial charge on any atom is 0.408 e. The summed E-state index contributed by atoms with van der Waals surface area (Å²) in [6.45, 7) is 12.9. The first kappa shape index (κ1) is 18.2. The van der Waals surface area contributed by atoms with Crippen LogP contribution in [0.5, 0.6) is 0 Å². The number of hydrogen-bond acceptors (Lipinski definition) is 4. The lowest BCUT2D eigenvalue weighted by molar-refractivity contribution is 0.0468. The molecule has 0 spiro atoms. The van der Waals surface area contributed by atoms with Gasteiger partial charge in [-0.3, -0.25) is 0 Å². The number of hydrogen-bond donors (Lipinski definition) is 2. The Morgan fingerprint density at radius 1 is 1.21 bits per heavy atom. The number of amides is 1. The fraction of sp³-hybridized carbons (Fsp3) is 0.929. The molecule has 1 unspecified atom stereocenters. The highest BCUT2D eigenvalue weighted by atomic mass is 16.6. The van der Waals surface area contributed by atoms with Gasteiger partial charge in [0.1, 0.15) is 5.60 Å². The zero-order chi connectivity index (χ0) is 15.1. The van der Waals surface area contributed by atoms with Crippen LogP contribution in [0.15, 0.2) is 0 Å². The van der Waals surface area contributed by atoms with E-state index < -0.39 is 5.60 Å². The van der Waals surface area contributed by atoms with Crippen molar-refractivity contribution in [3.05, 3.63) is 0 Å². The Labute approximate surface area is 117 Å². The standard InChI is InChI=1S/C14H30N2O3/c1-8-11(9-18-7)15-10-14(5,6)16-12(17)19-13(2,3)4/h11,15H,8-10H2,1-7H3,(H,16,17). The Kier molecular flexibility index (Phi) is 7.37. The zero-order valence-electron chi connectivity index (χ0n) is 13.4. The topological polar surface area (TPSA) is 59.6 Å². The molecule has 19 heavy (non-hydrogen) atoms. The van der Waals surface area contributed by atoms with E-state index in [2.05, 4.69) is 17.6 Å². The average molecular weight is 274 g/mol. The lowest BCUT2D eigenvalue weighted by Crippen LogP contribution is -2.53. The van der Waals surface area contributed by atoms with Crippen molar-refractivity contribution in [3.8, 4) is 0 Å². The maximum atomic E-state index is 11.7. The Hall–Kier alpha value is -0.810. The second-order valence-electron chi connectivity index (χ2n) is 6.45. The average Bonchev–Trinajstić information content (AvgIpc) is 2.20. The number of alkyl carbamates (subject to hydrolysis) is 1. The van der Waals surface area contributed by atoms with Crippen molar-refractivity contribution < 1.29 is 14.3 Å². The minimum absolute atomic E-state index is 0.296. The van der Waals surface area contributed by atoms with Crippen LogP contribution >= 0.6 is 0 Å². The molecule has 5 heteroatoms. The number of nitrogens with one attached hydrogen (secondary N) is 2. The van der Waals surface area contributed by atoms with Gasteiger partial charge in [0.25, 0.3) is 0 Å². The molecule has 0 saturated heterocycles. The lowest BCUT2D eigenvalue weighted by atomic mass is 10.1. The molecule has 0 aromatic rings. The monoisotopic (exact) mass is 274 g/mol. The summed E-state index contributed by atoms with van der Waals surface area (Å²) in [5.74, 6) is 0. The van der Waals surface area contributed by atoms with Crippen LogP contribution in [0.3, 0.4) is 0 Å². The van der Waals surface area contributed by atoms with E-state index in [1.165, 1.54) is 0 Å². The van der Waals surface area contributed by atoms with Gasteiger partial charge < -0.3 is 20.1 Å². The zero-order valence-corrected chi connectivity index (χ0v) is 13.4. The van der Waals surface area contributed by atoms with Gasteiger partial charge in [0.2, 0.25) is 0 Å². The fourth-order valence-electron chi connectivity index (χ4n) is 1.55. The number of ether oxygens (including phenoxy) is 2. The maximum absolute atomic E-state index is 11.7. The van der Waals surface area contributed by atoms with Crippen molar-refractivity contribution in [2.75, 3.05) is 20.3 Å². The highest BCUT2D eigenvalue weighted by Crippen LogP contribution is 2.09. The highest BCUT2D eigenvalue weighted by molar-refractivity contribution is 5.68. The van der Waals surface area contributed by atoms with Gasteiger partial charge in [-0.25, -0.2) is 4.79 Å². The van der Waals surface area contributed by atoms with Crippen LogP contribution < -0.4 is 10.6 Å². The third-order valence-corrected chi connectivity index (χ3v) is 2.53. The first-order chi connectivity index (χ1) is 8.59. The molecule has 0 bridgehead atoms. The Bertz CT molecular complexity index is 272. The normalized spacial score (nSPS) is 14.1. The van der Waals surface area contributed by atoms with Crippen LogP contribution in [0.2, 0.25) is 0 Å². The molecule has 0 aromatic carbocycles. The smallest absolute Gasteiger partial charge is 0.408 e. The van der Waals surface area contributed by atoms with Crippen molar-refractivity contribution >= 4 is 6.09 Å². The summed E-state index contributed by atoms with van der Waals surface area (Å²) in [6.07, 6.45) is 0.593. The Morgan fingerprint density at radius 3 is 2.21 bits per heavy atom. The summed E-state index contributed by atoms with van der Waals surface area (Å²) in [7, 11) is 1.69.